The number of hydrogen-bond donors (Lipinski definition) is 4. The zero-order valence-electron chi connectivity index (χ0n) is 28.6. The van der Waals surface area contributed by atoms with Gasteiger partial charge in [0.2, 0.25) is 0 Å². The molecule has 5 rings (SSSR count). The van der Waals surface area contributed by atoms with Gasteiger partial charge in [-0.3, -0.25) is 5.41 Å². The van der Waals surface area contributed by atoms with Crippen LogP contribution in [0.25, 0.3) is 10.9 Å². The first-order valence-corrected chi connectivity index (χ1v) is 17.5. The summed E-state index contributed by atoms with van der Waals surface area (Å²) in [4.78, 5) is 19.5. The summed E-state index contributed by atoms with van der Waals surface area (Å²) < 4.78 is 42.5. The molecule has 8 nitrogen and oxygen atoms in total. The van der Waals surface area contributed by atoms with Crippen molar-refractivity contribution in [3.8, 4) is 11.5 Å². The zero-order chi connectivity index (χ0) is 35.3. The number of nitrogens with zero attached hydrogens (tertiary/aromatic N) is 1. The van der Waals surface area contributed by atoms with E-state index in [1.165, 1.54) is 31.4 Å². The van der Waals surface area contributed by atoms with Gasteiger partial charge in [-0.15, -0.1) is 0 Å². The molecule has 1 aliphatic heterocycles. The summed E-state index contributed by atoms with van der Waals surface area (Å²) in [6, 6.07) is 15.0. The lowest BCUT2D eigenvalue weighted by molar-refractivity contribution is -0.148. The molecule has 3 aromatic carbocycles. The van der Waals surface area contributed by atoms with Crippen molar-refractivity contribution in [3.05, 3.63) is 94.7 Å². The highest BCUT2D eigenvalue weighted by molar-refractivity contribution is 7.99. The number of nitrogens with one attached hydrogen (secondary N) is 3. The molecule has 260 valence electrons. The van der Waals surface area contributed by atoms with Gasteiger partial charge in [-0.1, -0.05) is 44.5 Å². The summed E-state index contributed by atoms with van der Waals surface area (Å²) >= 11 is 1.81. The minimum atomic E-state index is -1.05. The molecule has 0 amide bonds. The molecule has 2 bridgehead atoms. The molecule has 0 radical (unpaired) electrons. The number of halogens is 2. The van der Waals surface area contributed by atoms with Gasteiger partial charge in [-0.05, 0) is 78.5 Å². The summed E-state index contributed by atoms with van der Waals surface area (Å²) in [6.07, 6.45) is 3.76. The number of thioether (sulfide) groups is 1. The number of aliphatic imine (C=N–C) groups is 1. The number of aromatic amines is 1. The number of amidine groups is 2. The number of carboxylic acids is 1. The first-order chi connectivity index (χ1) is 23.3. The fraction of sp³-hybridized carbons (Fsp3) is 0.395. The Morgan fingerprint density at radius 1 is 1.14 bits per heavy atom. The normalized spacial score (nSPS) is 20.6. The molecule has 2 atom stereocenters. The van der Waals surface area contributed by atoms with Gasteiger partial charge in [0, 0.05) is 49.3 Å². The standard InChI is InChI=1S/C38H44F2N4O4S/c1-37(2)14-7-15-38(3,24-9-6-8-23(18-24)19-32(47-5)35(45)46)36(41)44-34(42-4)28-20-25(10-11-29(28)39)48-33-27(13-17-49-22-37)26-12-16-43-31(26)21-30(33)40/h6,8-12,16,18,20-21,32,43H,7,13-15,17,19,22H2,1-5H3,(H,45,46)(H2,41,42,44). The van der Waals surface area contributed by atoms with E-state index in [9.17, 15) is 15.3 Å². The Kier molecular flexibility index (Phi) is 11.1. The third kappa shape index (κ3) is 8.16. The highest BCUT2D eigenvalue weighted by atomic mass is 32.2. The van der Waals surface area contributed by atoms with E-state index in [4.69, 9.17) is 9.47 Å². The fourth-order valence-corrected chi connectivity index (χ4v) is 7.57. The van der Waals surface area contributed by atoms with Crippen molar-refractivity contribution in [1.82, 2.24) is 10.3 Å². The molecule has 2 unspecified atom stereocenters. The topological polar surface area (TPSA) is 120 Å². The van der Waals surface area contributed by atoms with Crippen LogP contribution in [0.5, 0.6) is 11.5 Å². The van der Waals surface area contributed by atoms with Crippen molar-refractivity contribution in [2.75, 3.05) is 25.7 Å². The summed E-state index contributed by atoms with van der Waals surface area (Å²) in [5.41, 5.74) is 2.14. The second-order valence-electron chi connectivity index (χ2n) is 13.5. The Bertz CT molecular complexity index is 1870. The average molecular weight is 691 g/mol. The van der Waals surface area contributed by atoms with Crippen LogP contribution in [0.1, 0.15) is 62.3 Å². The van der Waals surface area contributed by atoms with Gasteiger partial charge >= 0.3 is 5.97 Å². The average Bonchev–Trinajstić information content (AvgIpc) is 3.53. The number of fused-ring (bicyclic) bond motifs is 5. The van der Waals surface area contributed by atoms with Crippen LogP contribution in [0.3, 0.4) is 0 Å². The van der Waals surface area contributed by atoms with E-state index in [2.05, 4.69) is 29.1 Å². The summed E-state index contributed by atoms with van der Waals surface area (Å²) in [7, 11) is 2.98. The van der Waals surface area contributed by atoms with Crippen LogP contribution in [0.2, 0.25) is 0 Å². The molecule has 0 saturated heterocycles. The number of hydrogen-bond acceptors (Lipinski definition) is 6. The molecule has 0 spiro atoms. The third-order valence-electron chi connectivity index (χ3n) is 9.33. The van der Waals surface area contributed by atoms with Crippen LogP contribution in [-0.4, -0.2) is 59.5 Å². The van der Waals surface area contributed by atoms with E-state index in [-0.39, 0.29) is 40.6 Å². The van der Waals surface area contributed by atoms with E-state index >= 15 is 8.78 Å². The van der Waals surface area contributed by atoms with Crippen molar-refractivity contribution in [2.24, 2.45) is 10.4 Å². The molecule has 49 heavy (non-hydrogen) atoms. The predicted octanol–water partition coefficient (Wildman–Crippen LogP) is 8.27. The molecule has 4 N–H and O–H groups in total. The maximum atomic E-state index is 15.6. The number of rotatable bonds is 5. The Balaban J connectivity index is 1.60. The van der Waals surface area contributed by atoms with Crippen molar-refractivity contribution in [3.63, 3.8) is 0 Å². The second-order valence-corrected chi connectivity index (χ2v) is 14.6. The summed E-state index contributed by atoms with van der Waals surface area (Å²) in [6.45, 7) is 6.41. The van der Waals surface area contributed by atoms with Crippen molar-refractivity contribution < 1.29 is 28.2 Å². The van der Waals surface area contributed by atoms with E-state index < -0.39 is 29.1 Å². The first-order valence-electron chi connectivity index (χ1n) is 16.4. The molecule has 2 heterocycles. The van der Waals surface area contributed by atoms with Gasteiger partial charge in [0.1, 0.15) is 23.2 Å². The SMILES string of the molecule is CN/C1=N\C(=N)C(C)(c2cccc(CC(OC)C(=O)O)c2)CCCC(C)(C)CSCCc2c(c(F)cc3[nH]ccc23)Oc2ccc(F)c1c2. The summed E-state index contributed by atoms with van der Waals surface area (Å²) in [5, 5.41) is 22.8. The zero-order valence-corrected chi connectivity index (χ0v) is 29.4. The maximum Gasteiger partial charge on any atom is 0.333 e. The van der Waals surface area contributed by atoms with Gasteiger partial charge in [0.15, 0.2) is 17.7 Å². The lowest BCUT2D eigenvalue weighted by Gasteiger charge is -2.32. The smallest absolute Gasteiger partial charge is 0.333 e. The van der Waals surface area contributed by atoms with Gasteiger partial charge in [0.05, 0.1) is 11.0 Å². The number of aliphatic carboxylic acids is 1. The number of methoxy groups -OCH3 is 1. The lowest BCUT2D eigenvalue weighted by Crippen LogP contribution is -2.34. The largest absolute Gasteiger partial charge is 0.479 e. The van der Waals surface area contributed by atoms with Gasteiger partial charge in [-0.25, -0.2) is 18.6 Å². The minimum Gasteiger partial charge on any atom is -0.479 e. The number of ether oxygens (including phenoxy) is 2. The van der Waals surface area contributed by atoms with Crippen LogP contribution >= 0.6 is 11.8 Å². The van der Waals surface area contributed by atoms with Gasteiger partial charge in [-0.2, -0.15) is 11.8 Å². The van der Waals surface area contributed by atoms with Crippen LogP contribution in [0.4, 0.5) is 8.78 Å². The Morgan fingerprint density at radius 3 is 2.67 bits per heavy atom. The Hall–Kier alpha value is -4.22. The van der Waals surface area contributed by atoms with Crippen molar-refractivity contribution in [2.45, 2.75) is 64.4 Å². The molecular weight excluding hydrogens is 647 g/mol. The maximum absolute atomic E-state index is 15.6. The molecule has 1 aliphatic rings. The molecule has 1 aromatic heterocycles. The number of aromatic nitrogens is 1. The molecule has 0 fully saturated rings. The predicted molar refractivity (Wildman–Crippen MR) is 193 cm³/mol. The quantitative estimate of drug-likeness (QED) is 0.167. The molecule has 4 aromatic rings. The Morgan fingerprint density at radius 2 is 1.94 bits per heavy atom. The first kappa shape index (κ1) is 36.1. The fourth-order valence-electron chi connectivity index (χ4n) is 6.38. The van der Waals surface area contributed by atoms with E-state index in [0.717, 1.165) is 46.4 Å². The molecule has 11 heteroatoms. The number of H-pyrrole nitrogens is 1. The number of carbonyl (C=O) groups is 1. The molecular formula is C38H44F2N4O4S. The van der Waals surface area contributed by atoms with Crippen LogP contribution < -0.4 is 10.1 Å². The third-order valence-corrected chi connectivity index (χ3v) is 10.8. The summed E-state index contributed by atoms with van der Waals surface area (Å²) in [5.74, 6) is -0.0314. The molecule has 0 aliphatic carbocycles. The van der Waals surface area contributed by atoms with Crippen molar-refractivity contribution in [1.29, 1.82) is 5.41 Å². The van der Waals surface area contributed by atoms with Gasteiger partial charge < -0.3 is 24.9 Å². The monoisotopic (exact) mass is 690 g/mol. The lowest BCUT2D eigenvalue weighted by atomic mass is 9.74. The number of benzene rings is 3. The highest BCUT2D eigenvalue weighted by Gasteiger charge is 2.34. The highest BCUT2D eigenvalue weighted by Crippen LogP contribution is 2.39. The minimum absolute atomic E-state index is 0.0146. The molecule has 0 saturated carbocycles. The van der Waals surface area contributed by atoms with Gasteiger partial charge in [0.25, 0.3) is 0 Å². The van der Waals surface area contributed by atoms with E-state index in [1.54, 1.807) is 13.2 Å². The van der Waals surface area contributed by atoms with E-state index in [1.807, 2.05) is 49.0 Å². The van der Waals surface area contributed by atoms with Crippen molar-refractivity contribution >= 4 is 40.3 Å². The second kappa shape index (κ2) is 15.1. The Labute approximate surface area is 290 Å². The van der Waals surface area contributed by atoms with Crippen LogP contribution in [0, 0.1) is 22.5 Å². The van der Waals surface area contributed by atoms with Crippen LogP contribution in [-0.2, 0) is 27.8 Å². The number of aryl methyl sites for hydroxylation is 1. The van der Waals surface area contributed by atoms with Crippen LogP contribution in [0.15, 0.2) is 65.8 Å². The number of carboxylic acid groups (broad SMARTS) is 1. The van der Waals surface area contributed by atoms with E-state index in [0.29, 0.717) is 18.4 Å².